The number of imidazole rings is 2. The number of hydrogen-bond donors (Lipinski definition) is 1. The largest absolute Gasteiger partial charge is 0.361 e. The number of nitrogens with zero attached hydrogens (tertiary/aromatic N) is 11. The van der Waals surface area contributed by atoms with Gasteiger partial charge in [0.2, 0.25) is 0 Å². The maximum Gasteiger partial charge on any atom is 0.177 e. The molecular weight excluding hydrogens is 861 g/mol. The van der Waals surface area contributed by atoms with E-state index < -0.39 is 8.07 Å². The van der Waals surface area contributed by atoms with E-state index in [1.807, 2.05) is 26.2 Å². The number of pyridine rings is 2. The minimum atomic E-state index is -1.12. The van der Waals surface area contributed by atoms with Crippen molar-refractivity contribution in [3.05, 3.63) is 156 Å². The molecule has 0 amide bonds. The van der Waals surface area contributed by atoms with Crippen LogP contribution in [0.2, 0.25) is 25.7 Å². The summed E-state index contributed by atoms with van der Waals surface area (Å²) in [7, 11) is -1.12. The summed E-state index contributed by atoms with van der Waals surface area (Å²) >= 11 is 0. The Balaban J connectivity index is 0.000000153. The van der Waals surface area contributed by atoms with Gasteiger partial charge < -0.3 is 19.5 Å². The van der Waals surface area contributed by atoms with Gasteiger partial charge in [-0.2, -0.15) is 0 Å². The van der Waals surface area contributed by atoms with Crippen LogP contribution in [0.4, 0.5) is 11.6 Å². The fourth-order valence-electron chi connectivity index (χ4n) is 9.45. The van der Waals surface area contributed by atoms with Crippen molar-refractivity contribution >= 4 is 63.8 Å². The molecule has 2 aliphatic heterocycles. The Morgan fingerprint density at radius 1 is 0.588 bits per heavy atom. The SMILES string of the molecule is Cc1nc2cc(-c3ccc4ncnc(N5CCc6ccccc6C5)c4c3)cnc2n1COCC[Si](C)(C)C.Cc1nc2ncc(-c3ccc4ncnc(N5CCc6ccccc6C5)c4c3)cc2[nH]1. The highest BCUT2D eigenvalue weighted by molar-refractivity contribution is 6.76. The number of ether oxygens (including phenoxy) is 1. The molecule has 2 aliphatic rings. The summed E-state index contributed by atoms with van der Waals surface area (Å²) in [4.78, 5) is 45.0. The summed E-state index contributed by atoms with van der Waals surface area (Å²) in [5.41, 5.74) is 15.2. The molecular formula is C54H54N12OSi. The number of anilines is 2. The van der Waals surface area contributed by atoms with E-state index in [0.29, 0.717) is 6.73 Å². The van der Waals surface area contributed by atoms with E-state index >= 15 is 0 Å². The van der Waals surface area contributed by atoms with Gasteiger partial charge in [-0.1, -0.05) is 80.3 Å². The van der Waals surface area contributed by atoms with Gasteiger partial charge in [-0.3, -0.25) is 4.57 Å². The van der Waals surface area contributed by atoms with Gasteiger partial charge in [-0.25, -0.2) is 39.9 Å². The summed E-state index contributed by atoms with van der Waals surface area (Å²) in [6.07, 6.45) is 9.20. The van der Waals surface area contributed by atoms with E-state index in [1.165, 1.54) is 22.3 Å². The third kappa shape index (κ3) is 8.80. The lowest BCUT2D eigenvalue weighted by atomic mass is 9.99. The van der Waals surface area contributed by atoms with Gasteiger partial charge in [-0.05, 0) is 103 Å². The quantitative estimate of drug-likeness (QED) is 0.109. The summed E-state index contributed by atoms with van der Waals surface area (Å²) in [5, 5.41) is 2.12. The monoisotopic (exact) mass is 914 g/mol. The molecule has 6 aromatic heterocycles. The molecule has 340 valence electrons. The van der Waals surface area contributed by atoms with Crippen LogP contribution in [0.25, 0.3) is 66.4 Å². The standard InChI is InChI=1S/C30H34N6OSi.C24H20N6/c1-21-34-28-16-25(17-31-30(28)36(21)20-37-13-14-38(2,3)4)23-9-10-27-26(15-23)29(33-19-32-27)35-12-11-22-7-5-6-8-24(22)18-35;1-15-28-22-11-19(12-25-23(22)29-15)17-6-7-21-20(10-17)24(27-14-26-21)30-9-8-16-4-2-3-5-18(16)13-30/h5-10,15-17,19H,11-14,18,20H2,1-4H3;2-7,10-12,14H,8-9,13H2,1H3,(H,25,28,29). The van der Waals surface area contributed by atoms with E-state index in [-0.39, 0.29) is 0 Å². The zero-order chi connectivity index (χ0) is 46.4. The first-order valence-electron chi connectivity index (χ1n) is 23.5. The topological polar surface area (TPSA) is 140 Å². The molecule has 10 aromatic rings. The van der Waals surface area contributed by atoms with Crippen LogP contribution in [0.1, 0.15) is 33.9 Å². The molecule has 8 heterocycles. The van der Waals surface area contributed by atoms with E-state index in [4.69, 9.17) is 19.7 Å². The number of aromatic nitrogens is 10. The third-order valence-corrected chi connectivity index (χ3v) is 14.9. The molecule has 4 aromatic carbocycles. The Hall–Kier alpha value is -7.42. The van der Waals surface area contributed by atoms with Crippen LogP contribution in [-0.2, 0) is 37.4 Å². The van der Waals surface area contributed by atoms with Crippen molar-refractivity contribution in [2.24, 2.45) is 0 Å². The molecule has 0 unspecified atom stereocenters. The lowest BCUT2D eigenvalue weighted by Crippen LogP contribution is -2.31. The number of nitrogens with one attached hydrogen (secondary N) is 1. The third-order valence-electron chi connectivity index (χ3n) is 13.2. The van der Waals surface area contributed by atoms with Crippen LogP contribution in [0.15, 0.2) is 122 Å². The number of benzene rings is 4. The molecule has 0 atom stereocenters. The zero-order valence-corrected chi connectivity index (χ0v) is 40.2. The van der Waals surface area contributed by atoms with Gasteiger partial charge in [0.15, 0.2) is 11.3 Å². The number of rotatable bonds is 9. The van der Waals surface area contributed by atoms with Gasteiger partial charge in [0.05, 0.1) is 16.6 Å². The van der Waals surface area contributed by atoms with Gasteiger partial charge in [0, 0.05) is 75.2 Å². The van der Waals surface area contributed by atoms with Crippen LogP contribution in [0.3, 0.4) is 0 Å². The Bertz CT molecular complexity index is 3490. The second kappa shape index (κ2) is 18.0. The van der Waals surface area contributed by atoms with Crippen molar-refractivity contribution in [1.29, 1.82) is 0 Å². The summed E-state index contributed by atoms with van der Waals surface area (Å²) in [5.74, 6) is 3.75. The maximum atomic E-state index is 6.00. The fraction of sp³-hybridized carbons (Fsp3) is 0.259. The molecule has 1 N–H and O–H groups in total. The predicted molar refractivity (Wildman–Crippen MR) is 274 cm³/mol. The molecule has 0 spiro atoms. The predicted octanol–water partition coefficient (Wildman–Crippen LogP) is 10.7. The van der Waals surface area contributed by atoms with E-state index in [9.17, 15) is 0 Å². The molecule has 0 fully saturated rings. The first-order valence-corrected chi connectivity index (χ1v) is 27.2. The molecule has 0 saturated heterocycles. The number of aryl methyl sites for hydroxylation is 2. The zero-order valence-electron chi connectivity index (χ0n) is 39.2. The minimum Gasteiger partial charge on any atom is -0.361 e. The molecule has 0 aliphatic carbocycles. The number of aromatic amines is 1. The molecule has 0 radical (unpaired) electrons. The lowest BCUT2D eigenvalue weighted by molar-refractivity contribution is 0.0881. The molecule has 68 heavy (non-hydrogen) atoms. The fourth-order valence-corrected chi connectivity index (χ4v) is 10.2. The number of hydrogen-bond acceptors (Lipinski definition) is 11. The second-order valence-corrected chi connectivity index (χ2v) is 24.8. The normalized spacial score (nSPS) is 13.8. The van der Waals surface area contributed by atoms with E-state index in [2.05, 4.69) is 161 Å². The Morgan fingerprint density at radius 2 is 1.16 bits per heavy atom. The van der Waals surface area contributed by atoms with Crippen LogP contribution < -0.4 is 9.80 Å². The van der Waals surface area contributed by atoms with E-state index in [0.717, 1.165) is 141 Å². The second-order valence-electron chi connectivity index (χ2n) is 19.2. The lowest BCUT2D eigenvalue weighted by Gasteiger charge is -2.30. The van der Waals surface area contributed by atoms with Crippen molar-refractivity contribution < 1.29 is 4.74 Å². The Labute approximate surface area is 396 Å². The van der Waals surface area contributed by atoms with Gasteiger partial charge in [-0.15, -0.1) is 0 Å². The maximum absolute atomic E-state index is 6.00. The number of fused-ring (bicyclic) bond motifs is 6. The molecule has 14 heteroatoms. The van der Waals surface area contributed by atoms with Crippen LogP contribution >= 0.6 is 0 Å². The summed E-state index contributed by atoms with van der Waals surface area (Å²) in [6.45, 7) is 15.9. The first-order chi connectivity index (χ1) is 33.1. The number of H-pyrrole nitrogens is 1. The molecule has 0 saturated carbocycles. The minimum absolute atomic E-state index is 0.481. The van der Waals surface area contributed by atoms with Crippen molar-refractivity contribution in [2.75, 3.05) is 29.5 Å². The van der Waals surface area contributed by atoms with E-state index in [1.54, 1.807) is 12.7 Å². The smallest absolute Gasteiger partial charge is 0.177 e. The highest BCUT2D eigenvalue weighted by Crippen LogP contribution is 2.34. The highest BCUT2D eigenvalue weighted by Gasteiger charge is 2.22. The van der Waals surface area contributed by atoms with Crippen molar-refractivity contribution in [3.63, 3.8) is 0 Å². The van der Waals surface area contributed by atoms with Crippen LogP contribution in [-0.4, -0.2) is 77.2 Å². The average Bonchev–Trinajstić information content (AvgIpc) is 3.90. The highest BCUT2D eigenvalue weighted by atomic mass is 28.3. The van der Waals surface area contributed by atoms with Crippen molar-refractivity contribution in [1.82, 2.24) is 49.4 Å². The van der Waals surface area contributed by atoms with Gasteiger partial charge >= 0.3 is 0 Å². The first kappa shape index (κ1) is 43.2. The average molecular weight is 915 g/mol. The van der Waals surface area contributed by atoms with Gasteiger partial charge in [0.25, 0.3) is 0 Å². The molecule has 0 bridgehead atoms. The Morgan fingerprint density at radius 3 is 1.76 bits per heavy atom. The van der Waals surface area contributed by atoms with Crippen molar-refractivity contribution in [2.45, 2.75) is 72.2 Å². The van der Waals surface area contributed by atoms with Crippen LogP contribution in [0.5, 0.6) is 0 Å². The Kier molecular flexibility index (Phi) is 11.4. The molecule has 12 rings (SSSR count). The summed E-state index contributed by atoms with van der Waals surface area (Å²) < 4.78 is 8.06. The summed E-state index contributed by atoms with van der Waals surface area (Å²) in [6, 6.07) is 35.4. The van der Waals surface area contributed by atoms with Gasteiger partial charge in [0.1, 0.15) is 48.2 Å². The van der Waals surface area contributed by atoms with Crippen LogP contribution in [0, 0.1) is 13.8 Å². The van der Waals surface area contributed by atoms with Crippen molar-refractivity contribution in [3.8, 4) is 22.3 Å². The molecule has 13 nitrogen and oxygen atoms in total.